The summed E-state index contributed by atoms with van der Waals surface area (Å²) >= 11 is 0. The van der Waals surface area contributed by atoms with Gasteiger partial charge in [0, 0.05) is 25.6 Å². The van der Waals surface area contributed by atoms with Crippen LogP contribution in [0.5, 0.6) is 0 Å². The number of hydrazone groups is 1. The predicted octanol–water partition coefficient (Wildman–Crippen LogP) is 1.78. The molecule has 2 aliphatic rings. The number of benzene rings is 1. The molecule has 0 radical (unpaired) electrons. The fourth-order valence-corrected chi connectivity index (χ4v) is 3.64. The lowest BCUT2D eigenvalue weighted by Crippen LogP contribution is -2.45. The number of nitrogens with zero attached hydrogens (tertiary/aromatic N) is 3. The summed E-state index contributed by atoms with van der Waals surface area (Å²) in [7, 11) is 0. The third-order valence-electron chi connectivity index (χ3n) is 5.13. The van der Waals surface area contributed by atoms with Gasteiger partial charge in [-0.05, 0) is 45.4 Å². The number of hydrogen-bond donors (Lipinski definition) is 1. The second kappa shape index (κ2) is 8.99. The highest BCUT2D eigenvalue weighted by atomic mass is 16.5. The fourth-order valence-electron chi connectivity index (χ4n) is 3.64. The third-order valence-corrected chi connectivity index (χ3v) is 5.13. The molecule has 0 aliphatic carbocycles. The van der Waals surface area contributed by atoms with E-state index in [0.717, 1.165) is 18.8 Å². The first-order chi connectivity index (χ1) is 13.1. The van der Waals surface area contributed by atoms with Gasteiger partial charge >= 0.3 is 5.97 Å². The van der Waals surface area contributed by atoms with Gasteiger partial charge in [-0.15, -0.1) is 0 Å². The van der Waals surface area contributed by atoms with Crippen molar-refractivity contribution < 1.29 is 14.3 Å². The first-order valence-electron chi connectivity index (χ1n) is 9.70. The van der Waals surface area contributed by atoms with Crippen LogP contribution in [-0.4, -0.2) is 60.8 Å². The van der Waals surface area contributed by atoms with E-state index in [2.05, 4.69) is 22.2 Å². The number of esters is 1. The first kappa shape index (κ1) is 19.4. The zero-order valence-electron chi connectivity index (χ0n) is 16.1. The Bertz CT molecular complexity index is 692. The Labute approximate surface area is 160 Å². The zero-order chi connectivity index (χ0) is 19.2. The van der Waals surface area contributed by atoms with Crippen LogP contribution in [0.3, 0.4) is 0 Å². The van der Waals surface area contributed by atoms with E-state index < -0.39 is 12.0 Å². The molecular weight excluding hydrogens is 344 g/mol. The molecule has 2 heterocycles. The van der Waals surface area contributed by atoms with Gasteiger partial charge in [-0.25, -0.2) is 4.79 Å². The molecule has 3 rings (SSSR count). The maximum atomic E-state index is 12.8. The molecule has 7 heteroatoms. The molecule has 1 fully saturated rings. The van der Waals surface area contributed by atoms with Gasteiger partial charge < -0.3 is 10.1 Å². The number of carbonyl (C=O) groups is 2. The number of anilines is 1. The molecule has 146 valence electrons. The Morgan fingerprint density at radius 3 is 2.74 bits per heavy atom. The molecule has 0 unspecified atom stereocenters. The smallest absolute Gasteiger partial charge is 0.354 e. The molecule has 0 bridgehead atoms. The predicted molar refractivity (Wildman–Crippen MR) is 105 cm³/mol. The summed E-state index contributed by atoms with van der Waals surface area (Å²) in [6.07, 6.45) is 2.69. The normalized spacial score (nSPS) is 22.6. The Balaban J connectivity index is 1.64. The highest BCUT2D eigenvalue weighted by Crippen LogP contribution is 2.25. The van der Waals surface area contributed by atoms with Crippen molar-refractivity contribution in [3.63, 3.8) is 0 Å². The summed E-state index contributed by atoms with van der Waals surface area (Å²) in [4.78, 5) is 27.3. The minimum atomic E-state index is -0.539. The van der Waals surface area contributed by atoms with E-state index in [1.54, 1.807) is 11.9 Å². The zero-order valence-corrected chi connectivity index (χ0v) is 16.1. The Kier molecular flexibility index (Phi) is 6.45. The van der Waals surface area contributed by atoms with Gasteiger partial charge in [0.05, 0.1) is 12.3 Å². The SMILES string of the molecule is CCOC(=O)C1=NN(c2ccccc2)[C@H](C(=O)NCCN2CCC[C@@H]2C)C1. The molecule has 0 aromatic heterocycles. The van der Waals surface area contributed by atoms with Gasteiger partial charge in [0.25, 0.3) is 0 Å². The number of para-hydroxylation sites is 1. The molecular formula is C20H28N4O3. The van der Waals surface area contributed by atoms with Crippen molar-refractivity contribution in [3.05, 3.63) is 30.3 Å². The summed E-state index contributed by atoms with van der Waals surface area (Å²) in [6, 6.07) is 9.47. The lowest BCUT2D eigenvalue weighted by Gasteiger charge is -2.24. The van der Waals surface area contributed by atoms with E-state index in [4.69, 9.17) is 4.74 Å². The van der Waals surface area contributed by atoms with Crippen LogP contribution in [0.1, 0.15) is 33.1 Å². The average molecular weight is 372 g/mol. The van der Waals surface area contributed by atoms with Crippen molar-refractivity contribution in [1.82, 2.24) is 10.2 Å². The Morgan fingerprint density at radius 2 is 2.07 bits per heavy atom. The molecule has 1 aromatic rings. The molecule has 7 nitrogen and oxygen atoms in total. The molecule has 1 amide bonds. The molecule has 0 saturated carbocycles. The molecule has 1 aromatic carbocycles. The quantitative estimate of drug-likeness (QED) is 0.739. The highest BCUT2D eigenvalue weighted by Gasteiger charge is 2.36. The lowest BCUT2D eigenvalue weighted by atomic mass is 10.1. The van der Waals surface area contributed by atoms with Gasteiger partial charge in [-0.1, -0.05) is 18.2 Å². The molecule has 27 heavy (non-hydrogen) atoms. The van der Waals surface area contributed by atoms with Gasteiger partial charge in [-0.3, -0.25) is 14.7 Å². The van der Waals surface area contributed by atoms with Crippen molar-refractivity contribution in [2.24, 2.45) is 5.10 Å². The minimum Gasteiger partial charge on any atom is -0.461 e. The van der Waals surface area contributed by atoms with E-state index in [9.17, 15) is 9.59 Å². The minimum absolute atomic E-state index is 0.117. The second-order valence-electron chi connectivity index (χ2n) is 6.99. The molecule has 1 saturated heterocycles. The fraction of sp³-hybridized carbons (Fsp3) is 0.550. The van der Waals surface area contributed by atoms with Crippen molar-refractivity contribution in [1.29, 1.82) is 0 Å². The maximum Gasteiger partial charge on any atom is 0.354 e. The van der Waals surface area contributed by atoms with Crippen LogP contribution in [0, 0.1) is 0 Å². The van der Waals surface area contributed by atoms with E-state index in [0.29, 0.717) is 12.6 Å². The van der Waals surface area contributed by atoms with Crippen molar-refractivity contribution >= 4 is 23.3 Å². The molecule has 2 atom stereocenters. The Hall–Kier alpha value is -2.41. The van der Waals surface area contributed by atoms with Crippen LogP contribution in [0.2, 0.25) is 0 Å². The Morgan fingerprint density at radius 1 is 1.30 bits per heavy atom. The number of nitrogens with one attached hydrogen (secondary N) is 1. The number of amides is 1. The largest absolute Gasteiger partial charge is 0.461 e. The summed E-state index contributed by atoms with van der Waals surface area (Å²) in [6.45, 7) is 6.79. The number of ether oxygens (including phenoxy) is 1. The highest BCUT2D eigenvalue weighted by molar-refractivity contribution is 6.38. The summed E-state index contributed by atoms with van der Waals surface area (Å²) < 4.78 is 5.06. The van der Waals surface area contributed by atoms with Crippen molar-refractivity contribution in [2.45, 2.75) is 45.2 Å². The third kappa shape index (κ3) is 4.66. The van der Waals surface area contributed by atoms with Crippen LogP contribution in [-0.2, 0) is 14.3 Å². The number of carbonyl (C=O) groups excluding carboxylic acids is 2. The average Bonchev–Trinajstić information content (AvgIpc) is 3.29. The van der Waals surface area contributed by atoms with Crippen LogP contribution >= 0.6 is 0 Å². The lowest BCUT2D eigenvalue weighted by molar-refractivity contribution is -0.135. The number of hydrogen-bond acceptors (Lipinski definition) is 6. The van der Waals surface area contributed by atoms with Crippen LogP contribution < -0.4 is 10.3 Å². The molecule has 2 aliphatic heterocycles. The molecule has 0 spiro atoms. The van der Waals surface area contributed by atoms with Crippen molar-refractivity contribution in [3.8, 4) is 0 Å². The van der Waals surface area contributed by atoms with E-state index in [1.165, 1.54) is 12.8 Å². The standard InChI is InChI=1S/C20H28N4O3/c1-3-27-20(26)17-14-18(24(22-17)16-9-5-4-6-10-16)19(25)21-11-13-23-12-7-8-15(23)2/h4-6,9-10,15,18H,3,7-8,11-14H2,1-2H3,(H,21,25)/t15-,18-/m0/s1. The topological polar surface area (TPSA) is 74.2 Å². The monoisotopic (exact) mass is 372 g/mol. The van der Waals surface area contributed by atoms with E-state index in [-0.39, 0.29) is 24.6 Å². The number of rotatable bonds is 7. The summed E-state index contributed by atoms with van der Waals surface area (Å²) in [5.74, 6) is -0.576. The maximum absolute atomic E-state index is 12.8. The van der Waals surface area contributed by atoms with Gasteiger partial charge in [0.2, 0.25) is 5.91 Å². The van der Waals surface area contributed by atoms with Gasteiger partial charge in [-0.2, -0.15) is 5.10 Å². The van der Waals surface area contributed by atoms with Gasteiger partial charge in [0.15, 0.2) is 0 Å². The van der Waals surface area contributed by atoms with E-state index in [1.807, 2.05) is 30.3 Å². The molecule has 1 N–H and O–H groups in total. The van der Waals surface area contributed by atoms with Crippen molar-refractivity contribution in [2.75, 3.05) is 31.3 Å². The van der Waals surface area contributed by atoms with E-state index >= 15 is 0 Å². The van der Waals surface area contributed by atoms with Gasteiger partial charge in [0.1, 0.15) is 11.8 Å². The first-order valence-corrected chi connectivity index (χ1v) is 9.70. The van der Waals surface area contributed by atoms with Crippen LogP contribution in [0.15, 0.2) is 35.4 Å². The number of likely N-dealkylation sites (tertiary alicyclic amines) is 1. The van der Waals surface area contributed by atoms with Crippen LogP contribution in [0.25, 0.3) is 0 Å². The van der Waals surface area contributed by atoms with Crippen LogP contribution in [0.4, 0.5) is 5.69 Å². The summed E-state index contributed by atoms with van der Waals surface area (Å²) in [5, 5.41) is 9.02. The summed E-state index contributed by atoms with van der Waals surface area (Å²) in [5.41, 5.74) is 1.07. The second-order valence-corrected chi connectivity index (χ2v) is 6.99.